The van der Waals surface area contributed by atoms with Crippen LogP contribution in [-0.2, 0) is 12.8 Å². The minimum Gasteiger partial charge on any atom is -0.307 e. The second-order valence-corrected chi connectivity index (χ2v) is 14.6. The van der Waals surface area contributed by atoms with Crippen LogP contribution in [0.1, 0.15) is 78.0 Å². The number of pyridine rings is 1. The molecule has 202 valence electrons. The smallest absolute Gasteiger partial charge is 0.116 e. The fraction of sp³-hybridized carbons (Fsp3) is 0.351. The Morgan fingerprint density at radius 1 is 0.700 bits per heavy atom. The van der Waals surface area contributed by atoms with Crippen LogP contribution in [0.2, 0.25) is 0 Å². The monoisotopic (exact) mass is 525 g/mol. The first-order valence-electron chi connectivity index (χ1n) is 14.7. The number of benzene rings is 4. The molecule has 0 aliphatic carbocycles. The molecule has 0 unspecified atom stereocenters. The average molecular weight is 526 g/mol. The van der Waals surface area contributed by atoms with Gasteiger partial charge in [0.25, 0.3) is 0 Å². The van der Waals surface area contributed by atoms with Crippen molar-refractivity contribution in [3.63, 3.8) is 0 Å². The molecular formula is C37H39N3. The molecule has 0 radical (unpaired) electrons. The molecule has 0 aliphatic rings. The number of aromatic nitrogens is 3. The molecule has 40 heavy (non-hydrogen) atoms. The molecule has 0 saturated heterocycles. The fourth-order valence-electron chi connectivity index (χ4n) is 6.85. The van der Waals surface area contributed by atoms with Gasteiger partial charge in [-0.05, 0) is 81.3 Å². The predicted molar refractivity (Wildman–Crippen MR) is 172 cm³/mol. The van der Waals surface area contributed by atoms with Crippen LogP contribution < -0.4 is 0 Å². The summed E-state index contributed by atoms with van der Waals surface area (Å²) in [5, 5.41) is 7.63. The molecule has 7 aromatic rings. The van der Waals surface area contributed by atoms with Crippen molar-refractivity contribution in [3.05, 3.63) is 77.6 Å². The summed E-state index contributed by atoms with van der Waals surface area (Å²) in [6.45, 7) is 18.6. The van der Waals surface area contributed by atoms with Crippen molar-refractivity contribution < 1.29 is 0 Å². The molecule has 3 aromatic heterocycles. The van der Waals surface area contributed by atoms with E-state index < -0.39 is 0 Å². The summed E-state index contributed by atoms with van der Waals surface area (Å²) >= 11 is 0. The highest BCUT2D eigenvalue weighted by Crippen LogP contribution is 2.44. The maximum atomic E-state index is 4.98. The van der Waals surface area contributed by atoms with Gasteiger partial charge in [0.05, 0.1) is 33.0 Å². The Balaban J connectivity index is 1.75. The molecule has 0 aliphatic heterocycles. The van der Waals surface area contributed by atoms with E-state index in [1.165, 1.54) is 65.6 Å². The second kappa shape index (κ2) is 8.39. The average Bonchev–Trinajstić information content (AvgIpc) is 3.20. The third kappa shape index (κ3) is 3.85. The summed E-state index contributed by atoms with van der Waals surface area (Å²) in [6, 6.07) is 21.0. The lowest BCUT2D eigenvalue weighted by Crippen LogP contribution is -2.12. The molecule has 0 bridgehead atoms. The number of rotatable bonds is 3. The Morgan fingerprint density at radius 2 is 1.43 bits per heavy atom. The van der Waals surface area contributed by atoms with E-state index in [2.05, 4.69) is 114 Å². The lowest BCUT2D eigenvalue weighted by atomic mass is 9.83. The van der Waals surface area contributed by atoms with Crippen molar-refractivity contribution in [2.45, 2.75) is 74.1 Å². The molecule has 0 spiro atoms. The predicted octanol–water partition coefficient (Wildman–Crippen LogP) is 10.2. The first kappa shape index (κ1) is 25.3. The van der Waals surface area contributed by atoms with E-state index in [0.29, 0.717) is 5.92 Å². The van der Waals surface area contributed by atoms with Crippen LogP contribution in [0.5, 0.6) is 0 Å². The van der Waals surface area contributed by atoms with Crippen molar-refractivity contribution in [1.29, 1.82) is 0 Å². The van der Waals surface area contributed by atoms with Crippen molar-refractivity contribution >= 4 is 59.9 Å². The standard InChI is InChI=1S/C37H39N3/c1-21(2)23-10-12-26-27-13-14-30-32-33(39-20-38-30)28-16-24-15-22(18-36(3,4)5)9-11-25(24)29(19-37(6,7)8)34(28)40(35(27)32)31(26)17-23/h9-17,20-21H,18-19H2,1-8H3. The number of hydrogen-bond acceptors (Lipinski definition) is 2. The number of fused-ring (bicyclic) bond motifs is 7. The minimum absolute atomic E-state index is 0.120. The van der Waals surface area contributed by atoms with E-state index in [4.69, 9.17) is 9.97 Å². The first-order valence-corrected chi connectivity index (χ1v) is 14.7. The van der Waals surface area contributed by atoms with Crippen LogP contribution in [0.3, 0.4) is 0 Å². The molecule has 0 fully saturated rings. The highest BCUT2D eigenvalue weighted by molar-refractivity contribution is 6.28. The van der Waals surface area contributed by atoms with Crippen LogP contribution in [0, 0.1) is 10.8 Å². The van der Waals surface area contributed by atoms with Crippen LogP contribution >= 0.6 is 0 Å². The topological polar surface area (TPSA) is 30.2 Å². The zero-order valence-corrected chi connectivity index (χ0v) is 25.1. The van der Waals surface area contributed by atoms with Gasteiger partial charge in [0.15, 0.2) is 0 Å². The van der Waals surface area contributed by atoms with Crippen LogP contribution in [-0.4, -0.2) is 14.4 Å². The van der Waals surface area contributed by atoms with Crippen LogP contribution in [0.25, 0.3) is 59.9 Å². The summed E-state index contributed by atoms with van der Waals surface area (Å²) in [4.78, 5) is 9.71. The third-order valence-electron chi connectivity index (χ3n) is 8.42. The van der Waals surface area contributed by atoms with Gasteiger partial charge in [0, 0.05) is 16.2 Å². The van der Waals surface area contributed by atoms with E-state index in [1.54, 1.807) is 6.33 Å². The highest BCUT2D eigenvalue weighted by Gasteiger charge is 2.25. The maximum Gasteiger partial charge on any atom is 0.116 e. The van der Waals surface area contributed by atoms with Gasteiger partial charge in [-0.15, -0.1) is 0 Å². The highest BCUT2D eigenvalue weighted by atomic mass is 14.9. The normalized spacial score (nSPS) is 13.4. The minimum atomic E-state index is 0.120. The Hall–Kier alpha value is -3.72. The van der Waals surface area contributed by atoms with Gasteiger partial charge in [-0.1, -0.05) is 85.7 Å². The molecule has 0 N–H and O–H groups in total. The van der Waals surface area contributed by atoms with E-state index in [9.17, 15) is 0 Å². The van der Waals surface area contributed by atoms with Gasteiger partial charge >= 0.3 is 0 Å². The maximum absolute atomic E-state index is 4.98. The molecule has 0 atom stereocenters. The first-order chi connectivity index (χ1) is 18.9. The quantitative estimate of drug-likeness (QED) is 0.170. The molecular weight excluding hydrogens is 486 g/mol. The Morgan fingerprint density at radius 3 is 2.15 bits per heavy atom. The molecule has 3 heterocycles. The SMILES string of the molecule is CC(C)c1ccc2c3ccc4ncnc5c6cc7cc(CC(C)(C)C)ccc7c(CC(C)(C)C)c6n(c2c1)c3c45. The fourth-order valence-corrected chi connectivity index (χ4v) is 6.85. The summed E-state index contributed by atoms with van der Waals surface area (Å²) in [6.07, 6.45) is 3.77. The van der Waals surface area contributed by atoms with Crippen molar-refractivity contribution in [2.24, 2.45) is 10.8 Å². The van der Waals surface area contributed by atoms with Crippen LogP contribution in [0.4, 0.5) is 0 Å². The third-order valence-corrected chi connectivity index (χ3v) is 8.42. The number of hydrogen-bond donors (Lipinski definition) is 0. The van der Waals surface area contributed by atoms with Crippen molar-refractivity contribution in [3.8, 4) is 0 Å². The summed E-state index contributed by atoms with van der Waals surface area (Å²) in [7, 11) is 0. The van der Waals surface area contributed by atoms with E-state index in [-0.39, 0.29) is 10.8 Å². The zero-order valence-electron chi connectivity index (χ0n) is 25.1. The van der Waals surface area contributed by atoms with Gasteiger partial charge in [-0.25, -0.2) is 9.97 Å². The Bertz CT molecular complexity index is 2100. The molecule has 3 nitrogen and oxygen atoms in total. The summed E-state index contributed by atoms with van der Waals surface area (Å²) in [5.41, 5.74) is 10.4. The molecule has 0 saturated carbocycles. The van der Waals surface area contributed by atoms with Gasteiger partial charge in [0.1, 0.15) is 6.33 Å². The van der Waals surface area contributed by atoms with E-state index >= 15 is 0 Å². The lowest BCUT2D eigenvalue weighted by molar-refractivity contribution is 0.411. The molecule has 4 aromatic carbocycles. The number of nitrogens with zero attached hydrogens (tertiary/aromatic N) is 3. The lowest BCUT2D eigenvalue weighted by Gasteiger charge is -2.24. The van der Waals surface area contributed by atoms with Gasteiger partial charge in [-0.2, -0.15) is 0 Å². The largest absolute Gasteiger partial charge is 0.307 e. The summed E-state index contributed by atoms with van der Waals surface area (Å²) < 4.78 is 2.56. The molecule has 0 amide bonds. The van der Waals surface area contributed by atoms with Gasteiger partial charge < -0.3 is 4.40 Å². The Kier molecular flexibility index (Phi) is 5.30. The Labute approximate surface area is 236 Å². The molecule has 7 rings (SSSR count). The van der Waals surface area contributed by atoms with Crippen molar-refractivity contribution in [1.82, 2.24) is 14.4 Å². The van der Waals surface area contributed by atoms with Crippen molar-refractivity contribution in [2.75, 3.05) is 0 Å². The van der Waals surface area contributed by atoms with E-state index in [0.717, 1.165) is 23.9 Å². The van der Waals surface area contributed by atoms with E-state index in [1.807, 2.05) is 0 Å². The van der Waals surface area contributed by atoms with Gasteiger partial charge in [-0.3, -0.25) is 0 Å². The van der Waals surface area contributed by atoms with Crippen LogP contribution in [0.15, 0.2) is 60.9 Å². The summed E-state index contributed by atoms with van der Waals surface area (Å²) in [5.74, 6) is 0.459. The molecule has 3 heteroatoms. The second-order valence-electron chi connectivity index (χ2n) is 14.6. The zero-order chi connectivity index (χ0) is 28.1. The van der Waals surface area contributed by atoms with Gasteiger partial charge in [0.2, 0.25) is 0 Å².